The van der Waals surface area contributed by atoms with E-state index in [9.17, 15) is 18.0 Å². The first-order valence-corrected chi connectivity index (χ1v) is 8.94. The Morgan fingerprint density at radius 3 is 2.72 bits per heavy atom. The van der Waals surface area contributed by atoms with Crippen molar-refractivity contribution in [2.45, 2.75) is 24.9 Å². The molecule has 0 radical (unpaired) electrons. The number of aromatic nitrogens is 3. The van der Waals surface area contributed by atoms with Crippen molar-refractivity contribution in [2.75, 3.05) is 12.4 Å². The number of methoxy groups -OCH3 is 1. The van der Waals surface area contributed by atoms with Gasteiger partial charge in [-0.2, -0.15) is 18.3 Å². The molecule has 4 rings (SSSR count). The Morgan fingerprint density at radius 2 is 2.03 bits per heavy atom. The lowest BCUT2D eigenvalue weighted by Crippen LogP contribution is -2.15. The van der Waals surface area contributed by atoms with Crippen LogP contribution in [-0.4, -0.2) is 27.8 Å². The summed E-state index contributed by atoms with van der Waals surface area (Å²) in [6, 6.07) is 8.22. The number of anilines is 1. The van der Waals surface area contributed by atoms with E-state index in [1.165, 1.54) is 30.3 Å². The van der Waals surface area contributed by atoms with E-state index in [1.807, 2.05) is 0 Å². The van der Waals surface area contributed by atoms with Crippen molar-refractivity contribution in [2.24, 2.45) is 0 Å². The van der Waals surface area contributed by atoms with Crippen molar-refractivity contribution in [3.8, 4) is 11.6 Å². The summed E-state index contributed by atoms with van der Waals surface area (Å²) >= 11 is 0. The van der Waals surface area contributed by atoms with Crippen molar-refractivity contribution < 1.29 is 22.7 Å². The number of halogens is 3. The highest BCUT2D eigenvalue weighted by atomic mass is 19.4. The van der Waals surface area contributed by atoms with Gasteiger partial charge in [0.15, 0.2) is 0 Å². The Morgan fingerprint density at radius 1 is 1.24 bits per heavy atom. The minimum atomic E-state index is -4.46. The second-order valence-electron chi connectivity index (χ2n) is 6.69. The van der Waals surface area contributed by atoms with Crippen molar-refractivity contribution in [1.82, 2.24) is 14.8 Å². The maximum Gasteiger partial charge on any atom is 0.416 e. The third-order valence-corrected chi connectivity index (χ3v) is 4.65. The molecule has 0 aliphatic heterocycles. The number of nitrogens with one attached hydrogen (secondary N) is 1. The molecule has 0 unspecified atom stereocenters. The molecule has 9 heteroatoms. The van der Waals surface area contributed by atoms with Gasteiger partial charge in [0.25, 0.3) is 5.91 Å². The van der Waals surface area contributed by atoms with Crippen LogP contribution in [0.25, 0.3) is 5.69 Å². The van der Waals surface area contributed by atoms with Crippen LogP contribution in [0.3, 0.4) is 0 Å². The van der Waals surface area contributed by atoms with Crippen LogP contribution in [0.1, 0.15) is 40.4 Å². The molecular formula is C20H17F3N4O2. The molecule has 0 spiro atoms. The molecule has 2 heterocycles. The topological polar surface area (TPSA) is 69.0 Å². The van der Waals surface area contributed by atoms with Gasteiger partial charge in [0.05, 0.1) is 35.8 Å². The predicted molar refractivity (Wildman–Crippen MR) is 99.3 cm³/mol. The van der Waals surface area contributed by atoms with Crippen LogP contribution < -0.4 is 10.1 Å². The third kappa shape index (κ3) is 3.80. The Balaban J connectivity index is 1.70. The van der Waals surface area contributed by atoms with Gasteiger partial charge in [-0.25, -0.2) is 9.67 Å². The molecule has 6 nitrogen and oxygen atoms in total. The van der Waals surface area contributed by atoms with Crippen LogP contribution in [-0.2, 0) is 6.18 Å². The van der Waals surface area contributed by atoms with Gasteiger partial charge in [0.2, 0.25) is 5.88 Å². The number of nitrogens with zero attached hydrogens (tertiary/aromatic N) is 3. The van der Waals surface area contributed by atoms with Gasteiger partial charge in [0.1, 0.15) is 5.69 Å². The van der Waals surface area contributed by atoms with Crippen molar-refractivity contribution in [1.29, 1.82) is 0 Å². The van der Waals surface area contributed by atoms with E-state index in [2.05, 4.69) is 15.4 Å². The summed E-state index contributed by atoms with van der Waals surface area (Å²) in [5.74, 6) is -0.0842. The van der Waals surface area contributed by atoms with E-state index in [4.69, 9.17) is 4.74 Å². The summed E-state index contributed by atoms with van der Waals surface area (Å²) in [5.41, 5.74) is 0.812. The van der Waals surface area contributed by atoms with E-state index < -0.39 is 17.6 Å². The molecule has 1 aromatic carbocycles. The number of amides is 1. The van der Waals surface area contributed by atoms with E-state index in [0.29, 0.717) is 16.9 Å². The third-order valence-electron chi connectivity index (χ3n) is 4.65. The molecule has 1 saturated carbocycles. The molecule has 0 bridgehead atoms. The lowest BCUT2D eigenvalue weighted by Gasteiger charge is -2.12. The van der Waals surface area contributed by atoms with E-state index in [1.54, 1.807) is 18.2 Å². The zero-order valence-corrected chi connectivity index (χ0v) is 15.4. The molecule has 1 aliphatic rings. The first kappa shape index (κ1) is 19.0. The Bertz CT molecular complexity index is 1060. The molecule has 0 atom stereocenters. The SMILES string of the molecule is COc1ncccc1NC(=O)c1cnn(-c2cccc(C(F)(F)F)c2)c1C1CC1. The lowest BCUT2D eigenvalue weighted by molar-refractivity contribution is -0.137. The molecule has 0 saturated heterocycles. The zero-order chi connectivity index (χ0) is 20.6. The van der Waals surface area contributed by atoms with Gasteiger partial charge < -0.3 is 10.1 Å². The van der Waals surface area contributed by atoms with Gasteiger partial charge in [0, 0.05) is 12.1 Å². The van der Waals surface area contributed by atoms with Gasteiger partial charge in [-0.15, -0.1) is 0 Å². The average Bonchev–Trinajstić information content (AvgIpc) is 3.45. The lowest BCUT2D eigenvalue weighted by atomic mass is 10.1. The summed E-state index contributed by atoms with van der Waals surface area (Å²) in [6.45, 7) is 0. The summed E-state index contributed by atoms with van der Waals surface area (Å²) in [6.07, 6.45) is 0.157. The first-order chi connectivity index (χ1) is 13.9. The smallest absolute Gasteiger partial charge is 0.416 e. The molecule has 29 heavy (non-hydrogen) atoms. The van der Waals surface area contributed by atoms with Crippen molar-refractivity contribution >= 4 is 11.6 Å². The largest absolute Gasteiger partial charge is 0.480 e. The van der Waals surface area contributed by atoms with E-state index in [-0.39, 0.29) is 17.5 Å². The van der Waals surface area contributed by atoms with E-state index in [0.717, 1.165) is 25.0 Å². The zero-order valence-electron chi connectivity index (χ0n) is 15.4. The normalized spacial score (nSPS) is 13.9. The number of hydrogen-bond acceptors (Lipinski definition) is 4. The molecular weight excluding hydrogens is 385 g/mol. The molecule has 150 valence electrons. The quantitative estimate of drug-likeness (QED) is 0.686. The first-order valence-electron chi connectivity index (χ1n) is 8.94. The Hall–Kier alpha value is -3.36. The Kier molecular flexibility index (Phi) is 4.73. The highest BCUT2D eigenvalue weighted by Crippen LogP contribution is 2.43. The van der Waals surface area contributed by atoms with Crippen LogP contribution in [0.15, 0.2) is 48.8 Å². The van der Waals surface area contributed by atoms with Gasteiger partial charge in [-0.1, -0.05) is 6.07 Å². The van der Waals surface area contributed by atoms with E-state index >= 15 is 0 Å². The molecule has 3 aromatic rings. The van der Waals surface area contributed by atoms with Gasteiger partial charge >= 0.3 is 6.18 Å². The minimum absolute atomic E-state index is 0.0728. The second-order valence-corrected chi connectivity index (χ2v) is 6.69. The standard InChI is InChI=1S/C20H17F3N4O2/c1-29-19-16(6-3-9-24-19)26-18(28)15-11-25-27(17(15)12-7-8-12)14-5-2-4-13(10-14)20(21,22)23/h2-6,9-12H,7-8H2,1H3,(H,26,28). The van der Waals surface area contributed by atoms with Gasteiger partial charge in [-0.05, 0) is 43.2 Å². The maximum absolute atomic E-state index is 13.1. The fourth-order valence-corrected chi connectivity index (χ4v) is 3.14. The van der Waals surface area contributed by atoms with Crippen LogP contribution >= 0.6 is 0 Å². The fraction of sp³-hybridized carbons (Fsp3) is 0.250. The summed E-state index contributed by atoms with van der Waals surface area (Å²) < 4.78 is 45.8. The molecule has 1 aliphatic carbocycles. The van der Waals surface area contributed by atoms with Crippen LogP contribution in [0.4, 0.5) is 18.9 Å². The summed E-state index contributed by atoms with van der Waals surface area (Å²) in [4.78, 5) is 16.9. The molecule has 2 aromatic heterocycles. The van der Waals surface area contributed by atoms with Crippen LogP contribution in [0.5, 0.6) is 5.88 Å². The Labute approximate surface area is 164 Å². The maximum atomic E-state index is 13.1. The summed E-state index contributed by atoms with van der Waals surface area (Å²) in [7, 11) is 1.44. The molecule has 1 N–H and O–H groups in total. The molecule has 1 fully saturated rings. The summed E-state index contributed by atoms with van der Waals surface area (Å²) in [5, 5.41) is 6.96. The van der Waals surface area contributed by atoms with Crippen molar-refractivity contribution in [3.63, 3.8) is 0 Å². The van der Waals surface area contributed by atoms with Crippen LogP contribution in [0, 0.1) is 0 Å². The van der Waals surface area contributed by atoms with Crippen molar-refractivity contribution in [3.05, 3.63) is 65.6 Å². The van der Waals surface area contributed by atoms with Gasteiger partial charge in [-0.3, -0.25) is 4.79 Å². The monoisotopic (exact) mass is 402 g/mol. The number of ether oxygens (including phenoxy) is 1. The predicted octanol–water partition coefficient (Wildman–Crippen LogP) is 4.42. The minimum Gasteiger partial charge on any atom is -0.480 e. The highest BCUT2D eigenvalue weighted by Gasteiger charge is 2.34. The fourth-order valence-electron chi connectivity index (χ4n) is 3.14. The van der Waals surface area contributed by atoms with Crippen LogP contribution in [0.2, 0.25) is 0 Å². The number of pyridine rings is 1. The number of carbonyl (C=O) groups is 1. The molecule has 1 amide bonds. The number of rotatable bonds is 5. The number of benzene rings is 1. The number of hydrogen-bond donors (Lipinski definition) is 1. The second kappa shape index (κ2) is 7.23. The highest BCUT2D eigenvalue weighted by molar-refractivity contribution is 6.05. The average molecular weight is 402 g/mol. The number of alkyl halides is 3. The number of carbonyl (C=O) groups excluding carboxylic acids is 1.